The van der Waals surface area contributed by atoms with Crippen molar-refractivity contribution in [2.75, 3.05) is 6.61 Å². The van der Waals surface area contributed by atoms with Crippen LogP contribution in [0.4, 0.5) is 0 Å². The molecule has 4 N–H and O–H groups in total. The molecule has 0 unspecified atom stereocenters. The number of hydrogen-bond acceptors (Lipinski definition) is 4. The predicted octanol–water partition coefficient (Wildman–Crippen LogP) is -3.47. The van der Waals surface area contributed by atoms with Crippen LogP contribution in [0.15, 0.2) is 0 Å². The van der Waals surface area contributed by atoms with Gasteiger partial charge in [-0.15, -0.1) is 0 Å². The summed E-state index contributed by atoms with van der Waals surface area (Å²) in [5.41, 5.74) is 0. The molecule has 0 amide bonds. The van der Waals surface area contributed by atoms with Crippen molar-refractivity contribution in [3.63, 3.8) is 0 Å². The van der Waals surface area contributed by atoms with Crippen molar-refractivity contribution in [2.24, 2.45) is 0 Å². The second-order valence-electron chi connectivity index (χ2n) is 1.21. The van der Waals surface area contributed by atoms with Crippen LogP contribution >= 0.6 is 0 Å². The third kappa shape index (κ3) is 67.4. The quantitative estimate of drug-likeness (QED) is 0.276. The molecule has 0 saturated carbocycles. The Balaban J connectivity index is -0.0000000326. The van der Waals surface area contributed by atoms with Gasteiger partial charge in [0, 0.05) is 6.61 Å². The Morgan fingerprint density at radius 2 is 1.30 bits per heavy atom. The zero-order chi connectivity index (χ0) is 6.99. The standard InChI is InChI=1S/C3H8O2.C2H6O.Na.H2O/c1-2-3(4)5;1-2-3;;/h3-5H,2H2,1H3;3H,2H2,1H3;;1H2/q;;+1;/p-1. The van der Waals surface area contributed by atoms with Gasteiger partial charge < -0.3 is 20.8 Å². The van der Waals surface area contributed by atoms with Crippen LogP contribution in [0.2, 0.25) is 0 Å². The summed E-state index contributed by atoms with van der Waals surface area (Å²) in [6, 6.07) is 0. The van der Waals surface area contributed by atoms with Gasteiger partial charge in [-0.2, -0.15) is 0 Å². The second-order valence-corrected chi connectivity index (χ2v) is 1.21. The Bertz CT molecular complexity index is 34.8. The number of aliphatic hydroxyl groups excluding tert-OH is 2. The normalized spacial score (nSPS) is 6.60. The third-order valence-corrected chi connectivity index (χ3v) is 0.365. The summed E-state index contributed by atoms with van der Waals surface area (Å²) in [6.07, 6.45) is -0.699. The molecule has 0 aliphatic rings. The van der Waals surface area contributed by atoms with E-state index in [2.05, 4.69) is 0 Å². The average Bonchev–Trinajstić information content (AvgIpc) is 1.69. The van der Waals surface area contributed by atoms with Gasteiger partial charge >= 0.3 is 29.6 Å². The zero-order valence-corrected chi connectivity index (χ0v) is 8.78. The van der Waals surface area contributed by atoms with Crippen molar-refractivity contribution in [2.45, 2.75) is 26.6 Å². The van der Waals surface area contributed by atoms with E-state index in [0.717, 1.165) is 0 Å². The summed E-state index contributed by atoms with van der Waals surface area (Å²) in [7, 11) is 0. The smallest absolute Gasteiger partial charge is 0.870 e. The van der Waals surface area contributed by atoms with Gasteiger partial charge in [-0.1, -0.05) is 6.92 Å². The van der Waals surface area contributed by atoms with Gasteiger partial charge in [-0.05, 0) is 13.3 Å². The van der Waals surface area contributed by atoms with Crippen LogP contribution in [-0.2, 0) is 0 Å². The van der Waals surface area contributed by atoms with Crippen molar-refractivity contribution < 1.29 is 50.4 Å². The van der Waals surface area contributed by atoms with E-state index in [4.69, 9.17) is 15.3 Å². The molecule has 0 aliphatic carbocycles. The molecular formula is C5H15NaO4. The summed E-state index contributed by atoms with van der Waals surface area (Å²) in [6.45, 7) is 3.63. The monoisotopic (exact) mass is 162 g/mol. The van der Waals surface area contributed by atoms with Gasteiger partial charge in [0.2, 0.25) is 0 Å². The Morgan fingerprint density at radius 3 is 1.30 bits per heavy atom. The molecule has 0 bridgehead atoms. The molecule has 0 aliphatic heterocycles. The van der Waals surface area contributed by atoms with E-state index in [0.29, 0.717) is 6.42 Å². The molecule has 0 aromatic rings. The Labute approximate surface area is 83.5 Å². The number of aliphatic hydroxyl groups is 3. The van der Waals surface area contributed by atoms with E-state index in [1.54, 1.807) is 13.8 Å². The fourth-order valence-corrected chi connectivity index (χ4v) is 0. The molecule has 4 nitrogen and oxygen atoms in total. The van der Waals surface area contributed by atoms with E-state index >= 15 is 0 Å². The van der Waals surface area contributed by atoms with Gasteiger partial charge in [0.1, 0.15) is 0 Å². The summed E-state index contributed by atoms with van der Waals surface area (Å²) >= 11 is 0. The predicted molar refractivity (Wildman–Crippen MR) is 33.2 cm³/mol. The minimum Gasteiger partial charge on any atom is -0.870 e. The maximum absolute atomic E-state index is 7.92. The number of hydrogen-bond donors (Lipinski definition) is 3. The maximum Gasteiger partial charge on any atom is 1.00 e. The van der Waals surface area contributed by atoms with Crippen LogP contribution in [0.25, 0.3) is 0 Å². The van der Waals surface area contributed by atoms with Gasteiger partial charge in [-0.25, -0.2) is 0 Å². The number of rotatable bonds is 1. The summed E-state index contributed by atoms with van der Waals surface area (Å²) in [5.74, 6) is 0. The molecule has 0 fully saturated rings. The minimum atomic E-state index is -1.12. The molecule has 60 valence electrons. The van der Waals surface area contributed by atoms with Crippen LogP contribution in [0.5, 0.6) is 0 Å². The van der Waals surface area contributed by atoms with Crippen molar-refractivity contribution in [1.29, 1.82) is 0 Å². The second kappa shape index (κ2) is 22.5. The van der Waals surface area contributed by atoms with Gasteiger partial charge in [0.25, 0.3) is 0 Å². The molecule has 0 rings (SSSR count). The first-order valence-electron chi connectivity index (χ1n) is 2.66. The van der Waals surface area contributed by atoms with Crippen molar-refractivity contribution in [1.82, 2.24) is 0 Å². The third-order valence-electron chi connectivity index (χ3n) is 0.365. The molecule has 0 aromatic heterocycles. The molecular weight excluding hydrogens is 147 g/mol. The molecule has 5 heteroatoms. The summed E-state index contributed by atoms with van der Waals surface area (Å²) in [5, 5.41) is 23.4. The summed E-state index contributed by atoms with van der Waals surface area (Å²) < 4.78 is 0. The van der Waals surface area contributed by atoms with Crippen LogP contribution in [-0.4, -0.2) is 33.7 Å². The molecule has 10 heavy (non-hydrogen) atoms. The topological polar surface area (TPSA) is 90.7 Å². The first-order valence-corrected chi connectivity index (χ1v) is 2.66. The first-order chi connectivity index (χ1) is 3.68. The first kappa shape index (κ1) is 22.4. The summed E-state index contributed by atoms with van der Waals surface area (Å²) in [4.78, 5) is 0. The van der Waals surface area contributed by atoms with Gasteiger partial charge in [0.05, 0.1) is 0 Å². The van der Waals surface area contributed by atoms with Crippen LogP contribution < -0.4 is 29.6 Å². The minimum absolute atomic E-state index is 0. The molecule has 0 radical (unpaired) electrons. The van der Waals surface area contributed by atoms with E-state index in [9.17, 15) is 0 Å². The Morgan fingerprint density at radius 1 is 1.20 bits per heavy atom. The van der Waals surface area contributed by atoms with E-state index < -0.39 is 6.29 Å². The Hall–Kier alpha value is 0.840. The van der Waals surface area contributed by atoms with Crippen LogP contribution in [0.1, 0.15) is 20.3 Å². The Kier molecular flexibility index (Phi) is 50.6. The van der Waals surface area contributed by atoms with Crippen LogP contribution in [0, 0.1) is 0 Å². The fraction of sp³-hybridized carbons (Fsp3) is 1.00. The molecule has 0 saturated heterocycles. The maximum atomic E-state index is 7.92. The van der Waals surface area contributed by atoms with E-state index in [1.165, 1.54) is 0 Å². The SMILES string of the molecule is CCC(O)O.CCO.[Na+].[OH-]. The average molecular weight is 162 g/mol. The van der Waals surface area contributed by atoms with E-state index in [-0.39, 0.29) is 41.6 Å². The zero-order valence-electron chi connectivity index (χ0n) is 6.78. The molecule has 0 aromatic carbocycles. The van der Waals surface area contributed by atoms with E-state index in [1.807, 2.05) is 0 Å². The van der Waals surface area contributed by atoms with Gasteiger partial charge in [0.15, 0.2) is 6.29 Å². The largest absolute Gasteiger partial charge is 1.00 e. The van der Waals surface area contributed by atoms with Gasteiger partial charge in [-0.3, -0.25) is 0 Å². The van der Waals surface area contributed by atoms with Crippen molar-refractivity contribution in [3.05, 3.63) is 0 Å². The molecule has 0 heterocycles. The van der Waals surface area contributed by atoms with Crippen molar-refractivity contribution in [3.8, 4) is 0 Å². The molecule has 0 atom stereocenters. The van der Waals surface area contributed by atoms with Crippen molar-refractivity contribution >= 4 is 0 Å². The molecule has 0 spiro atoms. The fourth-order valence-electron chi connectivity index (χ4n) is 0. The van der Waals surface area contributed by atoms with Crippen LogP contribution in [0.3, 0.4) is 0 Å².